The van der Waals surface area contributed by atoms with E-state index in [4.69, 9.17) is 0 Å². The number of likely N-dealkylation sites (tertiary alicyclic amines) is 1. The van der Waals surface area contributed by atoms with Crippen molar-refractivity contribution in [2.45, 2.75) is 26.3 Å². The van der Waals surface area contributed by atoms with E-state index in [1.165, 1.54) is 12.1 Å². The van der Waals surface area contributed by atoms with Crippen LogP contribution in [0.5, 0.6) is 0 Å². The number of carbonyl (C=O) groups excluding carboxylic acids is 2. The predicted octanol–water partition coefficient (Wildman–Crippen LogP) is 3.47. The summed E-state index contributed by atoms with van der Waals surface area (Å²) in [5, 5.41) is 2.86. The van der Waals surface area contributed by atoms with E-state index < -0.39 is 0 Å². The summed E-state index contributed by atoms with van der Waals surface area (Å²) in [5.74, 6) is -0.196. The lowest BCUT2D eigenvalue weighted by molar-refractivity contribution is -0.117. The lowest BCUT2D eigenvalue weighted by atomic mass is 9.86. The van der Waals surface area contributed by atoms with Crippen LogP contribution in [0, 0.1) is 18.2 Å². The third kappa shape index (κ3) is 3.72. The van der Waals surface area contributed by atoms with E-state index in [0.29, 0.717) is 26.1 Å². The highest BCUT2D eigenvalue weighted by Gasteiger charge is 2.48. The summed E-state index contributed by atoms with van der Waals surface area (Å²) in [5.41, 5.74) is 2.62. The van der Waals surface area contributed by atoms with Gasteiger partial charge in [-0.3, -0.25) is 4.79 Å². The molecule has 0 bridgehead atoms. The van der Waals surface area contributed by atoms with Gasteiger partial charge >= 0.3 is 6.03 Å². The molecule has 1 atom stereocenters. The maximum atomic E-state index is 13.3. The molecule has 1 spiro atoms. The molecule has 2 aromatic rings. The van der Waals surface area contributed by atoms with E-state index in [0.717, 1.165) is 23.2 Å². The number of nitrogens with one attached hydrogen (secondary N) is 1. The van der Waals surface area contributed by atoms with Gasteiger partial charge in [0.15, 0.2) is 0 Å². The van der Waals surface area contributed by atoms with Crippen LogP contribution in [0.15, 0.2) is 48.5 Å². The van der Waals surface area contributed by atoms with Crippen molar-refractivity contribution in [1.82, 2.24) is 10.2 Å². The van der Waals surface area contributed by atoms with Crippen LogP contribution in [0.25, 0.3) is 0 Å². The SMILES string of the molecule is Cc1ccc(N2CC3(CCN(C(=O)NCc4cccc(F)c4)C3)CC2=O)cc1. The van der Waals surface area contributed by atoms with Gasteiger partial charge in [0.1, 0.15) is 5.82 Å². The van der Waals surface area contributed by atoms with Crippen LogP contribution in [0.2, 0.25) is 0 Å². The maximum Gasteiger partial charge on any atom is 0.317 e. The molecule has 28 heavy (non-hydrogen) atoms. The largest absolute Gasteiger partial charge is 0.334 e. The van der Waals surface area contributed by atoms with Gasteiger partial charge in [-0.25, -0.2) is 9.18 Å². The Kier molecular flexibility index (Phi) is 4.79. The van der Waals surface area contributed by atoms with Crippen molar-refractivity contribution in [3.8, 4) is 0 Å². The third-order valence-corrected chi connectivity index (χ3v) is 5.72. The van der Waals surface area contributed by atoms with Crippen LogP contribution in [-0.4, -0.2) is 36.5 Å². The minimum atomic E-state index is -0.312. The highest BCUT2D eigenvalue weighted by Crippen LogP contribution is 2.41. The highest BCUT2D eigenvalue weighted by atomic mass is 19.1. The van der Waals surface area contributed by atoms with Gasteiger partial charge in [-0.15, -0.1) is 0 Å². The van der Waals surface area contributed by atoms with Crippen LogP contribution in [0.1, 0.15) is 24.0 Å². The van der Waals surface area contributed by atoms with E-state index in [-0.39, 0.29) is 29.7 Å². The number of rotatable bonds is 3. The molecule has 0 aliphatic carbocycles. The minimum Gasteiger partial charge on any atom is -0.334 e. The monoisotopic (exact) mass is 381 g/mol. The van der Waals surface area contributed by atoms with Gasteiger partial charge in [-0.05, 0) is 43.2 Å². The zero-order valence-electron chi connectivity index (χ0n) is 16.0. The molecule has 3 amide bonds. The average molecular weight is 381 g/mol. The van der Waals surface area contributed by atoms with Crippen LogP contribution in [0.4, 0.5) is 14.9 Å². The van der Waals surface area contributed by atoms with E-state index in [1.807, 2.05) is 36.1 Å². The van der Waals surface area contributed by atoms with Gasteiger partial charge in [0.25, 0.3) is 0 Å². The standard InChI is InChI=1S/C22H24FN3O2/c1-16-5-7-19(8-6-16)26-15-22(12-20(26)27)9-10-25(14-22)21(28)24-13-17-3-2-4-18(23)11-17/h2-8,11H,9-10,12-15H2,1H3,(H,24,28). The van der Waals surface area contributed by atoms with Crippen molar-refractivity contribution in [1.29, 1.82) is 0 Å². The van der Waals surface area contributed by atoms with E-state index in [2.05, 4.69) is 5.32 Å². The number of benzene rings is 2. The molecule has 2 saturated heterocycles. The number of nitrogens with zero attached hydrogens (tertiary/aromatic N) is 2. The molecule has 4 rings (SSSR count). The van der Waals surface area contributed by atoms with Gasteiger partial charge in [0.2, 0.25) is 5.91 Å². The average Bonchev–Trinajstić information content (AvgIpc) is 3.23. The Bertz CT molecular complexity index is 899. The minimum absolute atomic E-state index is 0.117. The maximum absolute atomic E-state index is 13.3. The normalized spacial score (nSPS) is 21.6. The highest BCUT2D eigenvalue weighted by molar-refractivity contribution is 5.96. The van der Waals surface area contributed by atoms with Crippen LogP contribution < -0.4 is 10.2 Å². The summed E-state index contributed by atoms with van der Waals surface area (Å²) < 4.78 is 13.3. The van der Waals surface area contributed by atoms with Crippen LogP contribution in [-0.2, 0) is 11.3 Å². The molecule has 1 unspecified atom stereocenters. The summed E-state index contributed by atoms with van der Waals surface area (Å²) in [6, 6.07) is 14.0. The second-order valence-corrected chi connectivity index (χ2v) is 7.95. The first kappa shape index (κ1) is 18.5. The fourth-order valence-corrected chi connectivity index (χ4v) is 4.17. The number of amides is 3. The lowest BCUT2D eigenvalue weighted by Gasteiger charge is -2.24. The van der Waals surface area contributed by atoms with E-state index in [1.54, 1.807) is 17.0 Å². The molecule has 2 aliphatic heterocycles. The predicted molar refractivity (Wildman–Crippen MR) is 105 cm³/mol. The summed E-state index contributed by atoms with van der Waals surface area (Å²) >= 11 is 0. The van der Waals surface area contributed by atoms with Crippen molar-refractivity contribution in [2.75, 3.05) is 24.5 Å². The fourth-order valence-electron chi connectivity index (χ4n) is 4.17. The number of hydrogen-bond acceptors (Lipinski definition) is 2. The molecule has 1 N–H and O–H groups in total. The topological polar surface area (TPSA) is 52.6 Å². The Morgan fingerprint density at radius 3 is 2.71 bits per heavy atom. The van der Waals surface area contributed by atoms with Gasteiger partial charge in [-0.1, -0.05) is 29.8 Å². The Morgan fingerprint density at radius 1 is 1.18 bits per heavy atom. The Labute approximate surface area is 164 Å². The van der Waals surface area contributed by atoms with Gasteiger partial charge in [-0.2, -0.15) is 0 Å². The summed E-state index contributed by atoms with van der Waals surface area (Å²) in [4.78, 5) is 28.8. The van der Waals surface area contributed by atoms with Crippen molar-refractivity contribution >= 4 is 17.6 Å². The molecule has 0 radical (unpaired) electrons. The summed E-state index contributed by atoms with van der Waals surface area (Å²) in [6.45, 7) is 4.14. The molecular weight excluding hydrogens is 357 g/mol. The number of hydrogen-bond donors (Lipinski definition) is 1. The first-order valence-electron chi connectivity index (χ1n) is 9.58. The van der Waals surface area contributed by atoms with Gasteiger partial charge in [0, 0.05) is 43.7 Å². The van der Waals surface area contributed by atoms with Crippen molar-refractivity contribution in [3.63, 3.8) is 0 Å². The Hall–Kier alpha value is -2.89. The zero-order chi connectivity index (χ0) is 19.7. The third-order valence-electron chi connectivity index (χ3n) is 5.72. The van der Waals surface area contributed by atoms with E-state index in [9.17, 15) is 14.0 Å². The number of carbonyl (C=O) groups is 2. The molecule has 2 aliphatic rings. The van der Waals surface area contributed by atoms with Gasteiger partial charge in [0.05, 0.1) is 0 Å². The van der Waals surface area contributed by atoms with E-state index >= 15 is 0 Å². The first-order valence-corrected chi connectivity index (χ1v) is 9.58. The van der Waals surface area contributed by atoms with Crippen molar-refractivity contribution in [2.24, 2.45) is 5.41 Å². The summed E-state index contributed by atoms with van der Waals surface area (Å²) in [6.07, 6.45) is 1.28. The Balaban J connectivity index is 1.37. The number of halogens is 1. The van der Waals surface area contributed by atoms with Crippen LogP contribution in [0.3, 0.4) is 0 Å². The molecule has 2 fully saturated rings. The fraction of sp³-hybridized carbons (Fsp3) is 0.364. The number of aryl methyl sites for hydroxylation is 1. The second-order valence-electron chi connectivity index (χ2n) is 7.95. The molecule has 0 aromatic heterocycles. The summed E-state index contributed by atoms with van der Waals surface area (Å²) in [7, 11) is 0. The number of anilines is 1. The smallest absolute Gasteiger partial charge is 0.317 e. The van der Waals surface area contributed by atoms with Crippen LogP contribution >= 0.6 is 0 Å². The molecule has 2 aromatic carbocycles. The lowest BCUT2D eigenvalue weighted by Crippen LogP contribution is -2.40. The second kappa shape index (κ2) is 7.26. The first-order chi connectivity index (χ1) is 13.4. The zero-order valence-corrected chi connectivity index (χ0v) is 16.0. The molecule has 6 heteroatoms. The quantitative estimate of drug-likeness (QED) is 0.885. The van der Waals surface area contributed by atoms with Crippen molar-refractivity contribution < 1.29 is 14.0 Å². The Morgan fingerprint density at radius 2 is 1.96 bits per heavy atom. The molecular formula is C22H24FN3O2. The molecule has 146 valence electrons. The van der Waals surface area contributed by atoms with Crippen molar-refractivity contribution in [3.05, 3.63) is 65.5 Å². The number of urea groups is 1. The van der Waals surface area contributed by atoms with Gasteiger partial charge < -0.3 is 15.1 Å². The molecule has 2 heterocycles. The molecule has 5 nitrogen and oxygen atoms in total. The molecule has 0 saturated carbocycles.